The molecule has 0 radical (unpaired) electrons. The standard InChI is InChI=1S/C18H17BrClNO3/c1-10-7-15(17(19)11(2)18(10)20)24-9-16(23)21-14-6-4-5-13(8-14)12(3)22/h4-8H,9H2,1-3H3,(H,21,23). The first-order valence-electron chi connectivity index (χ1n) is 7.28. The average molecular weight is 411 g/mol. The summed E-state index contributed by atoms with van der Waals surface area (Å²) in [6, 6.07) is 8.55. The maximum absolute atomic E-state index is 12.1. The Morgan fingerprint density at radius 2 is 1.96 bits per heavy atom. The number of rotatable bonds is 5. The van der Waals surface area contributed by atoms with Gasteiger partial charge in [-0.15, -0.1) is 0 Å². The van der Waals surface area contributed by atoms with Crippen LogP contribution in [0.4, 0.5) is 5.69 Å². The van der Waals surface area contributed by atoms with Crippen molar-refractivity contribution in [3.05, 3.63) is 56.5 Å². The molecule has 2 aromatic rings. The molecule has 0 saturated heterocycles. The molecule has 24 heavy (non-hydrogen) atoms. The lowest BCUT2D eigenvalue weighted by Gasteiger charge is -2.13. The third-order valence-corrected chi connectivity index (χ3v) is 5.05. The lowest BCUT2D eigenvalue weighted by atomic mass is 10.1. The summed E-state index contributed by atoms with van der Waals surface area (Å²) in [4.78, 5) is 23.4. The SMILES string of the molecule is CC(=O)c1cccc(NC(=O)COc2cc(C)c(Cl)c(C)c2Br)c1. The van der Waals surface area contributed by atoms with Gasteiger partial charge in [0.2, 0.25) is 0 Å². The van der Waals surface area contributed by atoms with E-state index in [1.807, 2.05) is 13.8 Å². The Kier molecular flexibility index (Phi) is 6.02. The molecule has 126 valence electrons. The van der Waals surface area contributed by atoms with Crippen LogP contribution in [0, 0.1) is 13.8 Å². The highest BCUT2D eigenvalue weighted by molar-refractivity contribution is 9.10. The number of carbonyl (C=O) groups excluding carboxylic acids is 2. The Labute approximate surface area is 154 Å². The molecule has 2 rings (SSSR count). The molecule has 6 heteroatoms. The van der Waals surface area contributed by atoms with E-state index in [1.165, 1.54) is 6.92 Å². The largest absolute Gasteiger partial charge is 0.483 e. The topological polar surface area (TPSA) is 55.4 Å². The smallest absolute Gasteiger partial charge is 0.262 e. The van der Waals surface area contributed by atoms with Crippen molar-refractivity contribution in [3.8, 4) is 5.75 Å². The number of ether oxygens (including phenoxy) is 1. The van der Waals surface area contributed by atoms with Gasteiger partial charge in [-0.1, -0.05) is 23.7 Å². The normalized spacial score (nSPS) is 10.4. The molecule has 0 heterocycles. The van der Waals surface area contributed by atoms with E-state index in [4.69, 9.17) is 16.3 Å². The first kappa shape index (κ1) is 18.5. The number of benzene rings is 2. The molecule has 1 amide bonds. The zero-order valence-corrected chi connectivity index (χ0v) is 15.9. The van der Waals surface area contributed by atoms with Crippen molar-refractivity contribution < 1.29 is 14.3 Å². The van der Waals surface area contributed by atoms with Gasteiger partial charge in [0.05, 0.1) is 4.47 Å². The molecular formula is C18H17BrClNO3. The molecule has 0 atom stereocenters. The van der Waals surface area contributed by atoms with Gasteiger partial charge in [0.25, 0.3) is 5.91 Å². The van der Waals surface area contributed by atoms with Crippen LogP contribution in [0.1, 0.15) is 28.4 Å². The minimum absolute atomic E-state index is 0.0570. The predicted octanol–water partition coefficient (Wildman–Crippen LogP) is 4.94. The first-order valence-corrected chi connectivity index (χ1v) is 8.45. The second-order valence-electron chi connectivity index (χ2n) is 5.42. The van der Waals surface area contributed by atoms with Gasteiger partial charge in [-0.2, -0.15) is 0 Å². The van der Waals surface area contributed by atoms with E-state index in [-0.39, 0.29) is 18.3 Å². The van der Waals surface area contributed by atoms with Gasteiger partial charge in [0, 0.05) is 16.3 Å². The fourth-order valence-electron chi connectivity index (χ4n) is 2.16. The van der Waals surface area contributed by atoms with Gasteiger partial charge in [-0.25, -0.2) is 0 Å². The summed E-state index contributed by atoms with van der Waals surface area (Å²) in [5, 5.41) is 3.38. The summed E-state index contributed by atoms with van der Waals surface area (Å²) >= 11 is 9.60. The third-order valence-electron chi connectivity index (χ3n) is 3.48. The van der Waals surface area contributed by atoms with Crippen molar-refractivity contribution in [1.82, 2.24) is 0 Å². The molecule has 0 saturated carbocycles. The highest BCUT2D eigenvalue weighted by Crippen LogP contribution is 2.35. The van der Waals surface area contributed by atoms with Crippen molar-refractivity contribution in [2.75, 3.05) is 11.9 Å². The molecule has 4 nitrogen and oxygen atoms in total. The Bertz CT molecular complexity index is 805. The molecule has 2 aromatic carbocycles. The van der Waals surface area contributed by atoms with Gasteiger partial charge in [0.1, 0.15) is 5.75 Å². The Balaban J connectivity index is 2.04. The van der Waals surface area contributed by atoms with Gasteiger partial charge in [0.15, 0.2) is 12.4 Å². The van der Waals surface area contributed by atoms with Crippen LogP contribution in [0.2, 0.25) is 5.02 Å². The molecule has 0 spiro atoms. The van der Waals surface area contributed by atoms with E-state index in [1.54, 1.807) is 30.3 Å². The van der Waals surface area contributed by atoms with E-state index < -0.39 is 0 Å². The monoisotopic (exact) mass is 409 g/mol. The molecule has 0 aliphatic rings. The van der Waals surface area contributed by atoms with Gasteiger partial charge < -0.3 is 10.1 Å². The molecule has 0 aromatic heterocycles. The first-order chi connectivity index (χ1) is 11.3. The third kappa shape index (κ3) is 4.36. The number of halogens is 2. The number of hydrogen-bond donors (Lipinski definition) is 1. The fraction of sp³-hybridized carbons (Fsp3) is 0.222. The van der Waals surface area contributed by atoms with Crippen LogP contribution in [0.15, 0.2) is 34.8 Å². The molecule has 0 aliphatic heterocycles. The number of amides is 1. The minimum atomic E-state index is -0.312. The highest BCUT2D eigenvalue weighted by atomic mass is 79.9. The van der Waals surface area contributed by atoms with Crippen LogP contribution in [-0.4, -0.2) is 18.3 Å². The molecule has 1 N–H and O–H groups in total. The van der Waals surface area contributed by atoms with Crippen molar-refractivity contribution in [3.63, 3.8) is 0 Å². The van der Waals surface area contributed by atoms with Crippen LogP contribution in [-0.2, 0) is 4.79 Å². The van der Waals surface area contributed by atoms with Crippen LogP contribution >= 0.6 is 27.5 Å². The Morgan fingerprint density at radius 3 is 2.62 bits per heavy atom. The van der Waals surface area contributed by atoms with E-state index in [2.05, 4.69) is 21.2 Å². The molecule has 0 unspecified atom stereocenters. The van der Waals surface area contributed by atoms with E-state index in [0.29, 0.717) is 22.0 Å². The van der Waals surface area contributed by atoms with E-state index in [9.17, 15) is 9.59 Å². The lowest BCUT2D eigenvalue weighted by molar-refractivity contribution is -0.118. The number of carbonyl (C=O) groups is 2. The number of Topliss-reactive ketones (excluding diaryl/α,β-unsaturated/α-hetero) is 1. The van der Waals surface area contributed by atoms with Crippen LogP contribution < -0.4 is 10.1 Å². The molecular weight excluding hydrogens is 394 g/mol. The molecule has 0 bridgehead atoms. The van der Waals surface area contributed by atoms with Gasteiger partial charge >= 0.3 is 0 Å². The number of anilines is 1. The van der Waals surface area contributed by atoms with Crippen molar-refractivity contribution in [2.24, 2.45) is 0 Å². The lowest BCUT2D eigenvalue weighted by Crippen LogP contribution is -2.20. The zero-order valence-electron chi connectivity index (χ0n) is 13.6. The Morgan fingerprint density at radius 1 is 1.25 bits per heavy atom. The summed E-state index contributed by atoms with van der Waals surface area (Å²) in [7, 11) is 0. The summed E-state index contributed by atoms with van der Waals surface area (Å²) in [6.45, 7) is 5.08. The predicted molar refractivity (Wildman–Crippen MR) is 99.2 cm³/mol. The number of aryl methyl sites for hydroxylation is 1. The summed E-state index contributed by atoms with van der Waals surface area (Å²) in [5.41, 5.74) is 2.84. The summed E-state index contributed by atoms with van der Waals surface area (Å²) in [5.74, 6) is 0.188. The highest BCUT2D eigenvalue weighted by Gasteiger charge is 2.12. The molecule has 0 aliphatic carbocycles. The number of nitrogens with one attached hydrogen (secondary N) is 1. The van der Waals surface area contributed by atoms with Crippen molar-refractivity contribution in [1.29, 1.82) is 0 Å². The van der Waals surface area contributed by atoms with Crippen molar-refractivity contribution >= 4 is 44.9 Å². The zero-order chi connectivity index (χ0) is 17.9. The van der Waals surface area contributed by atoms with E-state index in [0.717, 1.165) is 15.6 Å². The van der Waals surface area contributed by atoms with Crippen LogP contribution in [0.5, 0.6) is 5.75 Å². The quantitative estimate of drug-likeness (QED) is 0.710. The van der Waals surface area contributed by atoms with Crippen molar-refractivity contribution in [2.45, 2.75) is 20.8 Å². The Hall–Kier alpha value is -1.85. The van der Waals surface area contributed by atoms with Crippen LogP contribution in [0.25, 0.3) is 0 Å². The minimum Gasteiger partial charge on any atom is -0.483 e. The van der Waals surface area contributed by atoms with Crippen LogP contribution in [0.3, 0.4) is 0 Å². The maximum atomic E-state index is 12.1. The fourth-order valence-corrected chi connectivity index (χ4v) is 2.85. The number of ketones is 1. The average Bonchev–Trinajstić information content (AvgIpc) is 2.55. The van der Waals surface area contributed by atoms with E-state index >= 15 is 0 Å². The second kappa shape index (κ2) is 7.81. The van der Waals surface area contributed by atoms with Gasteiger partial charge in [-0.3, -0.25) is 9.59 Å². The molecule has 0 fully saturated rings. The maximum Gasteiger partial charge on any atom is 0.262 e. The van der Waals surface area contributed by atoms with Gasteiger partial charge in [-0.05, 0) is 66.0 Å². The summed E-state index contributed by atoms with van der Waals surface area (Å²) in [6.07, 6.45) is 0. The number of hydrogen-bond acceptors (Lipinski definition) is 3. The summed E-state index contributed by atoms with van der Waals surface area (Å²) < 4.78 is 6.31. The second-order valence-corrected chi connectivity index (χ2v) is 6.59.